The van der Waals surface area contributed by atoms with Gasteiger partial charge >= 0.3 is 11.9 Å². The van der Waals surface area contributed by atoms with E-state index >= 15 is 0 Å². The van der Waals surface area contributed by atoms with Crippen LogP contribution in [0.2, 0.25) is 0 Å². The van der Waals surface area contributed by atoms with E-state index in [0.717, 1.165) is 13.1 Å². The molecule has 0 aliphatic heterocycles. The zero-order valence-electron chi connectivity index (χ0n) is 19.2. The van der Waals surface area contributed by atoms with Gasteiger partial charge in [0.25, 0.3) is 0 Å². The molecule has 2 aromatic heterocycles. The molecular weight excluding hydrogens is 448 g/mol. The summed E-state index contributed by atoms with van der Waals surface area (Å²) in [6, 6.07) is 0. The van der Waals surface area contributed by atoms with Gasteiger partial charge in [0, 0.05) is 0 Å². The maximum atomic E-state index is 9.10. The number of hydrogen-bond acceptors (Lipinski definition) is 6. The highest BCUT2D eigenvalue weighted by Gasteiger charge is 2.04. The highest BCUT2D eigenvalue weighted by atomic mass is 16.4. The monoisotopic (exact) mass is 482 g/mol. The standard InChI is InChI=1S/C18H30N4.2C2H2O4/c1(3-5-7-9-13-21-15-11-19-17-21)2-4-6-8-10-14-22-16-12-20-18-22;2*3-1(4)2(5)6/h11-12,15-18H,1-10,13-14H2;2*(H,3,4)(H,5,6). The number of rotatable bonds is 13. The average Bonchev–Trinajstić information content (AvgIpc) is 3.49. The molecule has 0 saturated heterocycles. The van der Waals surface area contributed by atoms with Gasteiger partial charge in [0.2, 0.25) is 12.7 Å². The van der Waals surface area contributed by atoms with Gasteiger partial charge in [-0.1, -0.05) is 38.5 Å². The SMILES string of the molecule is O=C(O)C(=O)O.O=C([O-])C(=O)[O-].c1c[n+](CCCCCCCCCCCC[n+]2cc[nH]c2)c[nH]1. The molecule has 0 saturated carbocycles. The summed E-state index contributed by atoms with van der Waals surface area (Å²) in [5.74, 6) is -8.02. The first kappa shape index (κ1) is 30.3. The predicted octanol–water partition coefficient (Wildman–Crippen LogP) is -0.839. The van der Waals surface area contributed by atoms with Crippen LogP contribution in [0.15, 0.2) is 37.4 Å². The number of nitrogens with zero attached hydrogens (tertiary/aromatic N) is 2. The van der Waals surface area contributed by atoms with Crippen molar-refractivity contribution in [3.63, 3.8) is 0 Å². The molecule has 34 heavy (non-hydrogen) atoms. The number of H-pyrrole nitrogens is 2. The van der Waals surface area contributed by atoms with E-state index in [0.29, 0.717) is 0 Å². The van der Waals surface area contributed by atoms with Crippen LogP contribution in [0, 0.1) is 0 Å². The van der Waals surface area contributed by atoms with Crippen LogP contribution in [0.25, 0.3) is 0 Å². The third-order valence-electron chi connectivity index (χ3n) is 4.64. The lowest BCUT2D eigenvalue weighted by Crippen LogP contribution is -2.42. The largest absolute Gasteiger partial charge is 0.543 e. The van der Waals surface area contributed by atoms with Crippen LogP contribution >= 0.6 is 0 Å². The van der Waals surface area contributed by atoms with E-state index in [-0.39, 0.29) is 0 Å². The molecule has 0 aromatic carbocycles. The number of aryl methyl sites for hydroxylation is 2. The summed E-state index contributed by atoms with van der Waals surface area (Å²) < 4.78 is 4.46. The molecule has 2 aromatic rings. The van der Waals surface area contributed by atoms with Crippen molar-refractivity contribution >= 4 is 23.9 Å². The molecule has 2 rings (SSSR count). The second kappa shape index (κ2) is 19.9. The molecule has 190 valence electrons. The van der Waals surface area contributed by atoms with Crippen molar-refractivity contribution in [1.82, 2.24) is 9.97 Å². The van der Waals surface area contributed by atoms with Gasteiger partial charge in [0.15, 0.2) is 0 Å². The maximum Gasteiger partial charge on any atom is 0.414 e. The molecule has 0 amide bonds. The lowest BCUT2D eigenvalue weighted by Gasteiger charge is -2.02. The normalized spacial score (nSPS) is 9.76. The number of aliphatic carboxylic acids is 4. The summed E-state index contributed by atoms with van der Waals surface area (Å²) in [6.07, 6.45) is 26.1. The van der Waals surface area contributed by atoms with Crippen molar-refractivity contribution in [2.75, 3.05) is 0 Å². The first-order valence-electron chi connectivity index (χ1n) is 11.2. The third-order valence-corrected chi connectivity index (χ3v) is 4.64. The quantitative estimate of drug-likeness (QED) is 0.161. The number of carboxylic acids is 4. The Balaban J connectivity index is 0.000000750. The minimum absolute atomic E-state index is 1.16. The first-order chi connectivity index (χ1) is 16.2. The van der Waals surface area contributed by atoms with Crippen LogP contribution in [0.3, 0.4) is 0 Å². The molecule has 0 fully saturated rings. The van der Waals surface area contributed by atoms with Gasteiger partial charge < -0.3 is 30.0 Å². The molecule has 12 nitrogen and oxygen atoms in total. The minimum atomic E-state index is -2.19. The molecule has 0 aliphatic rings. The van der Waals surface area contributed by atoms with Gasteiger partial charge in [-0.3, -0.25) is 9.97 Å². The Labute approximate surface area is 197 Å². The van der Waals surface area contributed by atoms with E-state index in [9.17, 15) is 0 Å². The maximum absolute atomic E-state index is 9.10. The molecule has 0 unspecified atom stereocenters. The second-order valence-corrected chi connectivity index (χ2v) is 7.42. The summed E-state index contributed by atoms with van der Waals surface area (Å²) in [5, 5.41) is 32.6. The lowest BCUT2D eigenvalue weighted by molar-refractivity contribution is -0.696. The van der Waals surface area contributed by atoms with E-state index in [1.165, 1.54) is 64.2 Å². The molecular formula is C22H34N4O8. The topological polar surface area (TPSA) is 194 Å². The van der Waals surface area contributed by atoms with Crippen molar-refractivity contribution < 1.29 is 48.7 Å². The highest BCUT2D eigenvalue weighted by Crippen LogP contribution is 2.10. The van der Waals surface area contributed by atoms with Crippen LogP contribution in [0.5, 0.6) is 0 Å². The summed E-state index contributed by atoms with van der Waals surface area (Å²) >= 11 is 0. The van der Waals surface area contributed by atoms with E-state index in [4.69, 9.17) is 39.6 Å². The minimum Gasteiger partial charge on any atom is -0.543 e. The summed E-state index contributed by atoms with van der Waals surface area (Å²) in [7, 11) is 0. The van der Waals surface area contributed by atoms with E-state index in [1.807, 2.05) is 25.0 Å². The highest BCUT2D eigenvalue weighted by molar-refractivity contribution is 6.27. The Bertz CT molecular complexity index is 715. The third kappa shape index (κ3) is 19.0. The fourth-order valence-electron chi connectivity index (χ4n) is 2.92. The number of nitrogens with one attached hydrogen (secondary N) is 2. The summed E-state index contributed by atoms with van der Waals surface area (Å²) in [5.41, 5.74) is 0. The Kier molecular flexibility index (Phi) is 17.8. The Morgan fingerprint density at radius 3 is 1.09 bits per heavy atom. The zero-order chi connectivity index (χ0) is 25.6. The number of aromatic nitrogens is 4. The fourth-order valence-corrected chi connectivity index (χ4v) is 2.92. The predicted molar refractivity (Wildman–Crippen MR) is 113 cm³/mol. The van der Waals surface area contributed by atoms with E-state index < -0.39 is 23.9 Å². The molecule has 12 heteroatoms. The average molecular weight is 483 g/mol. The summed E-state index contributed by atoms with van der Waals surface area (Å²) in [4.78, 5) is 42.2. The molecule has 0 aliphatic carbocycles. The van der Waals surface area contributed by atoms with Gasteiger partial charge in [-0.15, -0.1) is 0 Å². The van der Waals surface area contributed by atoms with Crippen molar-refractivity contribution in [3.05, 3.63) is 37.4 Å². The van der Waals surface area contributed by atoms with Gasteiger partial charge in [0.1, 0.15) is 24.8 Å². The Morgan fingerprint density at radius 2 is 0.882 bits per heavy atom. The molecule has 0 radical (unpaired) electrons. The van der Waals surface area contributed by atoms with Gasteiger partial charge in [-0.2, -0.15) is 0 Å². The van der Waals surface area contributed by atoms with Crippen LogP contribution < -0.4 is 19.3 Å². The smallest absolute Gasteiger partial charge is 0.414 e. The molecule has 0 bridgehead atoms. The Morgan fingerprint density at radius 1 is 0.588 bits per heavy atom. The van der Waals surface area contributed by atoms with Crippen molar-refractivity contribution in [2.45, 2.75) is 77.3 Å². The lowest BCUT2D eigenvalue weighted by atomic mass is 10.1. The second-order valence-electron chi connectivity index (χ2n) is 7.42. The number of imidazole rings is 2. The van der Waals surface area contributed by atoms with E-state index in [2.05, 4.69) is 31.5 Å². The number of carbonyl (C=O) groups excluding carboxylic acids is 2. The number of aromatic amines is 2. The number of hydrogen-bond donors (Lipinski definition) is 4. The summed E-state index contributed by atoms with van der Waals surface area (Å²) in [6.45, 7) is 2.31. The fraction of sp³-hybridized carbons (Fsp3) is 0.545. The number of carboxylic acid groups (broad SMARTS) is 4. The number of unbranched alkanes of at least 4 members (excludes halogenated alkanes) is 9. The van der Waals surface area contributed by atoms with Gasteiger partial charge in [0.05, 0.1) is 25.0 Å². The van der Waals surface area contributed by atoms with Gasteiger partial charge in [-0.25, -0.2) is 18.7 Å². The van der Waals surface area contributed by atoms with Crippen molar-refractivity contribution in [1.29, 1.82) is 0 Å². The first-order valence-corrected chi connectivity index (χ1v) is 11.2. The van der Waals surface area contributed by atoms with Crippen LogP contribution in [0.1, 0.15) is 64.2 Å². The molecule has 0 atom stereocenters. The number of carbonyl (C=O) groups is 4. The van der Waals surface area contributed by atoms with Crippen molar-refractivity contribution in [3.8, 4) is 0 Å². The molecule has 2 heterocycles. The van der Waals surface area contributed by atoms with E-state index in [1.54, 1.807) is 0 Å². The van der Waals surface area contributed by atoms with Gasteiger partial charge in [-0.05, 0) is 25.7 Å². The van der Waals surface area contributed by atoms with Crippen molar-refractivity contribution in [2.24, 2.45) is 0 Å². The zero-order valence-corrected chi connectivity index (χ0v) is 19.2. The van der Waals surface area contributed by atoms with Crippen LogP contribution in [-0.2, 0) is 32.3 Å². The van der Waals surface area contributed by atoms with Crippen LogP contribution in [-0.4, -0.2) is 44.1 Å². The molecule has 0 spiro atoms. The molecule has 4 N–H and O–H groups in total. The van der Waals surface area contributed by atoms with Crippen LogP contribution in [0.4, 0.5) is 0 Å². The Hall–Kier alpha value is -3.70.